The first-order valence-electron chi connectivity index (χ1n) is 3.85. The Kier molecular flexibility index (Phi) is 2.25. The Labute approximate surface area is 62.1 Å². The summed E-state index contributed by atoms with van der Waals surface area (Å²) in [6, 6.07) is 0. The molecule has 0 N–H and O–H groups in total. The van der Waals surface area contributed by atoms with Gasteiger partial charge < -0.3 is 4.79 Å². The maximum Gasteiger partial charge on any atom is 0.123 e. The summed E-state index contributed by atoms with van der Waals surface area (Å²) >= 11 is 0. The molecule has 56 valence electrons. The van der Waals surface area contributed by atoms with Crippen molar-refractivity contribution in [2.45, 2.75) is 26.7 Å². The van der Waals surface area contributed by atoms with E-state index in [4.69, 9.17) is 0 Å². The van der Waals surface area contributed by atoms with Gasteiger partial charge in [0.15, 0.2) is 0 Å². The van der Waals surface area contributed by atoms with Crippen LogP contribution in [0.25, 0.3) is 0 Å². The van der Waals surface area contributed by atoms with Gasteiger partial charge in [-0.1, -0.05) is 18.6 Å². The summed E-state index contributed by atoms with van der Waals surface area (Å²) < 4.78 is 0. The van der Waals surface area contributed by atoms with E-state index < -0.39 is 0 Å². The minimum Gasteiger partial charge on any atom is -0.303 e. The van der Waals surface area contributed by atoms with E-state index in [1.807, 2.05) is 0 Å². The lowest BCUT2D eigenvalue weighted by molar-refractivity contribution is -0.112. The molecule has 1 nitrogen and oxygen atoms in total. The molecular formula is C9H14O. The molecule has 0 aliphatic heterocycles. The van der Waals surface area contributed by atoms with Gasteiger partial charge in [0.25, 0.3) is 0 Å². The number of rotatable bonds is 1. The summed E-state index contributed by atoms with van der Waals surface area (Å²) in [5.74, 6) is 0.839. The highest BCUT2D eigenvalue weighted by atomic mass is 16.1. The van der Waals surface area contributed by atoms with Crippen molar-refractivity contribution in [3.63, 3.8) is 0 Å². The van der Waals surface area contributed by atoms with Gasteiger partial charge in [0.05, 0.1) is 0 Å². The molecule has 0 amide bonds. The molecule has 0 unspecified atom stereocenters. The van der Waals surface area contributed by atoms with Crippen LogP contribution in [-0.2, 0) is 4.79 Å². The zero-order chi connectivity index (χ0) is 7.56. The highest BCUT2D eigenvalue weighted by Gasteiger charge is 2.19. The largest absolute Gasteiger partial charge is 0.303 e. The van der Waals surface area contributed by atoms with Gasteiger partial charge in [-0.25, -0.2) is 0 Å². The Morgan fingerprint density at radius 2 is 2.40 bits per heavy atom. The molecule has 0 aromatic heterocycles. The van der Waals surface area contributed by atoms with Crippen molar-refractivity contribution in [1.82, 2.24) is 0 Å². The minimum absolute atomic E-state index is 0.281. The van der Waals surface area contributed by atoms with E-state index in [0.29, 0.717) is 5.92 Å². The first-order valence-corrected chi connectivity index (χ1v) is 3.85. The van der Waals surface area contributed by atoms with E-state index in [0.717, 1.165) is 19.1 Å². The second-order valence-corrected chi connectivity index (χ2v) is 3.27. The topological polar surface area (TPSA) is 17.1 Å². The summed E-state index contributed by atoms with van der Waals surface area (Å²) in [6.45, 7) is 4.28. The van der Waals surface area contributed by atoms with Gasteiger partial charge in [0, 0.05) is 5.92 Å². The zero-order valence-electron chi connectivity index (χ0n) is 6.63. The molecule has 1 aliphatic carbocycles. The van der Waals surface area contributed by atoms with Crippen molar-refractivity contribution in [3.8, 4) is 0 Å². The molecule has 1 aliphatic rings. The third kappa shape index (κ3) is 1.47. The normalized spacial score (nSPS) is 33.2. The van der Waals surface area contributed by atoms with Crippen molar-refractivity contribution < 1.29 is 4.79 Å². The van der Waals surface area contributed by atoms with Crippen molar-refractivity contribution in [2.24, 2.45) is 11.8 Å². The maximum absolute atomic E-state index is 10.4. The fraction of sp³-hybridized carbons (Fsp3) is 0.667. The van der Waals surface area contributed by atoms with Crippen molar-refractivity contribution >= 4 is 6.29 Å². The lowest BCUT2D eigenvalue weighted by Crippen LogP contribution is -2.16. The molecular weight excluding hydrogens is 124 g/mol. The lowest BCUT2D eigenvalue weighted by Gasteiger charge is -2.22. The highest BCUT2D eigenvalue weighted by molar-refractivity contribution is 5.55. The van der Waals surface area contributed by atoms with E-state index in [1.165, 1.54) is 5.57 Å². The predicted molar refractivity (Wildman–Crippen MR) is 41.7 cm³/mol. The van der Waals surface area contributed by atoms with E-state index in [9.17, 15) is 4.79 Å². The fourth-order valence-electron chi connectivity index (χ4n) is 1.50. The number of hydrogen-bond donors (Lipinski definition) is 0. The third-order valence-corrected chi connectivity index (χ3v) is 2.29. The van der Waals surface area contributed by atoms with Gasteiger partial charge >= 0.3 is 0 Å². The number of allylic oxidation sites excluding steroid dienone is 2. The Morgan fingerprint density at radius 3 is 2.90 bits per heavy atom. The summed E-state index contributed by atoms with van der Waals surface area (Å²) in [6.07, 6.45) is 5.33. The molecule has 0 aromatic rings. The number of aldehydes is 1. The third-order valence-electron chi connectivity index (χ3n) is 2.29. The van der Waals surface area contributed by atoms with Crippen LogP contribution in [0.4, 0.5) is 0 Å². The Balaban J connectivity index is 2.60. The Bertz CT molecular complexity index is 158. The van der Waals surface area contributed by atoms with Crippen LogP contribution in [0.5, 0.6) is 0 Å². The first kappa shape index (κ1) is 7.52. The molecule has 10 heavy (non-hydrogen) atoms. The average molecular weight is 138 g/mol. The lowest BCUT2D eigenvalue weighted by atomic mass is 9.82. The minimum atomic E-state index is 0.281. The summed E-state index contributed by atoms with van der Waals surface area (Å²) in [4.78, 5) is 10.4. The summed E-state index contributed by atoms with van der Waals surface area (Å²) in [5.41, 5.74) is 1.44. The second kappa shape index (κ2) is 3.00. The van der Waals surface area contributed by atoms with Crippen LogP contribution in [0.15, 0.2) is 11.6 Å². The van der Waals surface area contributed by atoms with Crippen molar-refractivity contribution in [3.05, 3.63) is 11.6 Å². The highest BCUT2D eigenvalue weighted by Crippen LogP contribution is 2.27. The van der Waals surface area contributed by atoms with Gasteiger partial charge in [-0.3, -0.25) is 0 Å². The monoisotopic (exact) mass is 138 g/mol. The SMILES string of the molecule is CC1=CC[C@@H](C=O)[C@H](C)C1. The maximum atomic E-state index is 10.4. The predicted octanol–water partition coefficient (Wildman–Crippen LogP) is 2.18. The quantitative estimate of drug-likeness (QED) is 0.401. The smallest absolute Gasteiger partial charge is 0.123 e. The zero-order valence-corrected chi connectivity index (χ0v) is 6.63. The molecule has 0 heterocycles. The van der Waals surface area contributed by atoms with Gasteiger partial charge in [-0.05, 0) is 25.7 Å². The van der Waals surface area contributed by atoms with Crippen LogP contribution < -0.4 is 0 Å². The van der Waals surface area contributed by atoms with E-state index in [2.05, 4.69) is 19.9 Å². The van der Waals surface area contributed by atoms with Gasteiger partial charge in [-0.2, -0.15) is 0 Å². The van der Waals surface area contributed by atoms with Crippen molar-refractivity contribution in [2.75, 3.05) is 0 Å². The van der Waals surface area contributed by atoms with Crippen LogP contribution in [-0.4, -0.2) is 6.29 Å². The molecule has 1 heteroatoms. The number of carbonyl (C=O) groups excluding carboxylic acids is 1. The second-order valence-electron chi connectivity index (χ2n) is 3.27. The van der Waals surface area contributed by atoms with Gasteiger partial charge in [0.2, 0.25) is 0 Å². The number of hydrogen-bond acceptors (Lipinski definition) is 1. The van der Waals surface area contributed by atoms with Crippen LogP contribution in [0.3, 0.4) is 0 Å². The van der Waals surface area contributed by atoms with Crippen LogP contribution in [0.1, 0.15) is 26.7 Å². The number of carbonyl (C=O) groups is 1. The summed E-state index contributed by atoms with van der Waals surface area (Å²) in [7, 11) is 0. The van der Waals surface area contributed by atoms with E-state index in [1.54, 1.807) is 0 Å². The van der Waals surface area contributed by atoms with Gasteiger partial charge in [0.1, 0.15) is 6.29 Å². The standard InChI is InChI=1S/C9H14O/c1-7-3-4-9(6-10)8(2)5-7/h3,6,8-9H,4-5H2,1-2H3/t8-,9+/m1/s1. The Morgan fingerprint density at radius 1 is 1.70 bits per heavy atom. The first-order chi connectivity index (χ1) is 4.74. The molecule has 0 fully saturated rings. The molecule has 0 radical (unpaired) electrons. The van der Waals surface area contributed by atoms with Crippen LogP contribution in [0.2, 0.25) is 0 Å². The fourth-order valence-corrected chi connectivity index (χ4v) is 1.50. The average Bonchev–Trinajstić information content (AvgIpc) is 1.88. The molecule has 0 aromatic carbocycles. The molecule has 0 bridgehead atoms. The van der Waals surface area contributed by atoms with E-state index in [-0.39, 0.29) is 5.92 Å². The van der Waals surface area contributed by atoms with Gasteiger partial charge in [-0.15, -0.1) is 0 Å². The van der Waals surface area contributed by atoms with E-state index >= 15 is 0 Å². The molecule has 0 saturated carbocycles. The molecule has 0 spiro atoms. The molecule has 2 atom stereocenters. The summed E-state index contributed by atoms with van der Waals surface area (Å²) in [5, 5.41) is 0. The van der Waals surface area contributed by atoms with Crippen molar-refractivity contribution in [1.29, 1.82) is 0 Å². The van der Waals surface area contributed by atoms with Crippen LogP contribution >= 0.6 is 0 Å². The molecule has 1 rings (SSSR count). The molecule has 0 saturated heterocycles. The Hall–Kier alpha value is -0.590. The van der Waals surface area contributed by atoms with Crippen LogP contribution in [0, 0.1) is 11.8 Å².